The Morgan fingerprint density at radius 1 is 1.12 bits per heavy atom. The summed E-state index contributed by atoms with van der Waals surface area (Å²) in [5.41, 5.74) is 6.53. The summed E-state index contributed by atoms with van der Waals surface area (Å²) in [5.74, 6) is -0.237. The van der Waals surface area contributed by atoms with Crippen molar-refractivity contribution in [1.29, 1.82) is 0 Å². The van der Waals surface area contributed by atoms with E-state index in [2.05, 4.69) is 0 Å². The maximum Gasteiger partial charge on any atom is 0.123 e. The van der Waals surface area contributed by atoms with Crippen LogP contribution in [0.1, 0.15) is 5.56 Å². The summed E-state index contributed by atoms with van der Waals surface area (Å²) in [6, 6.07) is 12.1. The minimum absolute atomic E-state index is 0.237. The summed E-state index contributed by atoms with van der Waals surface area (Å²) >= 11 is 7.64. The topological polar surface area (TPSA) is 26.0 Å². The Balaban J connectivity index is 2.21. The molecule has 0 saturated carbocycles. The van der Waals surface area contributed by atoms with Gasteiger partial charge in [0.25, 0.3) is 0 Å². The quantitative estimate of drug-likeness (QED) is 0.906. The molecule has 4 heteroatoms. The minimum atomic E-state index is -0.237. The van der Waals surface area contributed by atoms with Gasteiger partial charge in [-0.25, -0.2) is 4.39 Å². The van der Waals surface area contributed by atoms with E-state index in [0.717, 1.165) is 15.4 Å². The lowest BCUT2D eigenvalue weighted by atomic mass is 10.2. The van der Waals surface area contributed by atoms with E-state index in [0.29, 0.717) is 11.6 Å². The average molecular weight is 268 g/mol. The fraction of sp³-hybridized carbons (Fsp3) is 0.0769. The van der Waals surface area contributed by atoms with Gasteiger partial charge in [0.05, 0.1) is 5.02 Å². The summed E-state index contributed by atoms with van der Waals surface area (Å²) in [6.45, 7) is 0.473. The molecule has 2 aromatic carbocycles. The van der Waals surface area contributed by atoms with Crippen molar-refractivity contribution in [3.63, 3.8) is 0 Å². The van der Waals surface area contributed by atoms with Crippen LogP contribution in [0.5, 0.6) is 0 Å². The number of hydrogen-bond donors (Lipinski definition) is 1. The van der Waals surface area contributed by atoms with Gasteiger partial charge in [-0.1, -0.05) is 29.4 Å². The molecule has 2 rings (SSSR count). The van der Waals surface area contributed by atoms with Crippen molar-refractivity contribution < 1.29 is 4.39 Å². The maximum atomic E-state index is 12.8. The first-order valence-electron chi connectivity index (χ1n) is 5.11. The first-order chi connectivity index (χ1) is 8.19. The molecule has 0 atom stereocenters. The van der Waals surface area contributed by atoms with Gasteiger partial charge in [-0.2, -0.15) is 0 Å². The van der Waals surface area contributed by atoms with Crippen LogP contribution in [0.15, 0.2) is 52.3 Å². The zero-order valence-electron chi connectivity index (χ0n) is 8.99. The predicted molar refractivity (Wildman–Crippen MR) is 69.9 cm³/mol. The van der Waals surface area contributed by atoms with Crippen LogP contribution in [0.4, 0.5) is 4.39 Å². The van der Waals surface area contributed by atoms with Crippen LogP contribution < -0.4 is 5.73 Å². The van der Waals surface area contributed by atoms with Crippen LogP contribution in [-0.4, -0.2) is 0 Å². The summed E-state index contributed by atoms with van der Waals surface area (Å²) in [5, 5.41) is 0.669. The number of hydrogen-bond acceptors (Lipinski definition) is 2. The van der Waals surface area contributed by atoms with Crippen molar-refractivity contribution in [3.05, 3.63) is 58.9 Å². The van der Waals surface area contributed by atoms with Gasteiger partial charge >= 0.3 is 0 Å². The third-order valence-corrected chi connectivity index (χ3v) is 3.78. The Morgan fingerprint density at radius 3 is 2.41 bits per heavy atom. The Hall–Kier alpha value is -1.03. The summed E-state index contributed by atoms with van der Waals surface area (Å²) in [6.07, 6.45) is 0. The van der Waals surface area contributed by atoms with Gasteiger partial charge in [0.2, 0.25) is 0 Å². The van der Waals surface area contributed by atoms with E-state index in [1.165, 1.54) is 23.9 Å². The van der Waals surface area contributed by atoms with Crippen LogP contribution in [-0.2, 0) is 6.54 Å². The Labute approximate surface area is 109 Å². The van der Waals surface area contributed by atoms with E-state index in [1.54, 1.807) is 12.1 Å². The van der Waals surface area contributed by atoms with Crippen molar-refractivity contribution in [2.75, 3.05) is 0 Å². The Kier molecular flexibility index (Phi) is 4.05. The van der Waals surface area contributed by atoms with E-state index in [9.17, 15) is 4.39 Å². The highest BCUT2D eigenvalue weighted by Gasteiger charge is 2.04. The summed E-state index contributed by atoms with van der Waals surface area (Å²) < 4.78 is 12.8. The second-order valence-electron chi connectivity index (χ2n) is 3.52. The van der Waals surface area contributed by atoms with Crippen LogP contribution in [0.2, 0.25) is 5.02 Å². The van der Waals surface area contributed by atoms with Gasteiger partial charge in [0.15, 0.2) is 0 Å². The predicted octanol–water partition coefficient (Wildman–Crippen LogP) is 4.09. The largest absolute Gasteiger partial charge is 0.326 e. The van der Waals surface area contributed by atoms with Crippen molar-refractivity contribution in [1.82, 2.24) is 0 Å². The Morgan fingerprint density at radius 2 is 1.82 bits per heavy atom. The fourth-order valence-corrected chi connectivity index (χ4v) is 2.52. The molecule has 0 aliphatic carbocycles. The molecule has 17 heavy (non-hydrogen) atoms. The third kappa shape index (κ3) is 3.22. The van der Waals surface area contributed by atoms with Gasteiger partial charge in [0.1, 0.15) is 5.82 Å². The third-order valence-electron chi connectivity index (χ3n) is 2.27. The second kappa shape index (κ2) is 5.54. The lowest BCUT2D eigenvalue weighted by molar-refractivity contribution is 0.626. The zero-order valence-corrected chi connectivity index (χ0v) is 10.6. The maximum absolute atomic E-state index is 12.8. The van der Waals surface area contributed by atoms with E-state index >= 15 is 0 Å². The molecular formula is C13H11ClFNS. The fourth-order valence-electron chi connectivity index (χ4n) is 1.38. The van der Waals surface area contributed by atoms with Gasteiger partial charge < -0.3 is 5.73 Å². The van der Waals surface area contributed by atoms with Crippen LogP contribution in [0.3, 0.4) is 0 Å². The molecule has 0 aliphatic heterocycles. The van der Waals surface area contributed by atoms with E-state index in [1.807, 2.05) is 18.2 Å². The van der Waals surface area contributed by atoms with Crippen LogP contribution in [0, 0.1) is 5.82 Å². The average Bonchev–Trinajstić information content (AvgIpc) is 2.34. The normalized spacial score (nSPS) is 10.5. The first kappa shape index (κ1) is 12.4. The van der Waals surface area contributed by atoms with Crippen molar-refractivity contribution in [2.24, 2.45) is 5.73 Å². The highest BCUT2D eigenvalue weighted by atomic mass is 35.5. The molecule has 0 spiro atoms. The molecule has 2 aromatic rings. The lowest BCUT2D eigenvalue weighted by Gasteiger charge is -2.05. The van der Waals surface area contributed by atoms with E-state index in [4.69, 9.17) is 17.3 Å². The SMILES string of the molecule is NCc1ccc(Sc2ccc(F)cc2)c(Cl)c1. The molecule has 1 nitrogen and oxygen atoms in total. The van der Waals surface area contributed by atoms with E-state index < -0.39 is 0 Å². The smallest absolute Gasteiger partial charge is 0.123 e. The van der Waals surface area contributed by atoms with Gasteiger partial charge in [-0.3, -0.25) is 0 Å². The summed E-state index contributed by atoms with van der Waals surface area (Å²) in [4.78, 5) is 1.89. The molecule has 0 heterocycles. The molecular weight excluding hydrogens is 257 g/mol. The second-order valence-corrected chi connectivity index (χ2v) is 5.05. The Bertz CT molecular complexity index is 513. The monoisotopic (exact) mass is 267 g/mol. The van der Waals surface area contributed by atoms with Crippen molar-refractivity contribution >= 4 is 23.4 Å². The first-order valence-corrected chi connectivity index (χ1v) is 6.30. The summed E-state index contributed by atoms with van der Waals surface area (Å²) in [7, 11) is 0. The highest BCUT2D eigenvalue weighted by molar-refractivity contribution is 7.99. The van der Waals surface area contributed by atoms with Gasteiger partial charge in [-0.05, 0) is 42.0 Å². The van der Waals surface area contributed by atoms with Crippen molar-refractivity contribution in [3.8, 4) is 0 Å². The number of rotatable bonds is 3. The zero-order chi connectivity index (χ0) is 12.3. The standard InChI is InChI=1S/C13H11ClFNS/c14-12-7-9(8-16)1-6-13(12)17-11-4-2-10(15)3-5-11/h1-7H,8,16H2. The number of halogens is 2. The van der Waals surface area contributed by atoms with Gasteiger partial charge in [0, 0.05) is 16.3 Å². The van der Waals surface area contributed by atoms with Crippen molar-refractivity contribution in [2.45, 2.75) is 16.3 Å². The molecule has 2 N–H and O–H groups in total. The number of benzene rings is 2. The minimum Gasteiger partial charge on any atom is -0.326 e. The molecule has 0 aromatic heterocycles. The lowest BCUT2D eigenvalue weighted by Crippen LogP contribution is -1.95. The molecule has 0 bridgehead atoms. The van der Waals surface area contributed by atoms with Crippen LogP contribution >= 0.6 is 23.4 Å². The molecule has 88 valence electrons. The molecule has 0 radical (unpaired) electrons. The highest BCUT2D eigenvalue weighted by Crippen LogP contribution is 2.33. The van der Waals surface area contributed by atoms with E-state index in [-0.39, 0.29) is 5.82 Å². The van der Waals surface area contributed by atoms with Gasteiger partial charge in [-0.15, -0.1) is 0 Å². The molecule has 0 fully saturated rings. The number of nitrogens with two attached hydrogens (primary N) is 1. The molecule has 0 saturated heterocycles. The van der Waals surface area contributed by atoms with Crippen LogP contribution in [0.25, 0.3) is 0 Å². The molecule has 0 amide bonds. The molecule has 0 aliphatic rings. The molecule has 0 unspecified atom stereocenters.